The molecule has 3 heteroatoms. The van der Waals surface area contributed by atoms with Gasteiger partial charge in [-0.15, -0.1) is 0 Å². The molecule has 0 bridgehead atoms. The smallest absolute Gasteiger partial charge is 0.0917 e. The van der Waals surface area contributed by atoms with E-state index in [1.165, 1.54) is 10.8 Å². The first kappa shape index (κ1) is 13.6. The lowest BCUT2D eigenvalue weighted by molar-refractivity contribution is 0.0951. The van der Waals surface area contributed by atoms with Gasteiger partial charge in [-0.05, 0) is 35.9 Å². The normalized spacial score (nSPS) is 20.6. The molecule has 1 heterocycles. The second kappa shape index (κ2) is 5.92. The molecule has 3 nitrogen and oxygen atoms in total. The number of aliphatic hydroxyl groups excluding tert-OH is 1. The topological polar surface area (TPSA) is 32.7 Å². The van der Waals surface area contributed by atoms with Crippen LogP contribution in [0.4, 0.5) is 0 Å². The van der Waals surface area contributed by atoms with Gasteiger partial charge < -0.3 is 9.84 Å². The quantitative estimate of drug-likeness (QED) is 0.927. The van der Waals surface area contributed by atoms with Crippen molar-refractivity contribution in [3.8, 4) is 0 Å². The minimum atomic E-state index is -0.454. The van der Waals surface area contributed by atoms with Gasteiger partial charge in [0, 0.05) is 19.2 Å². The van der Waals surface area contributed by atoms with Crippen LogP contribution >= 0.6 is 0 Å². The highest BCUT2D eigenvalue weighted by Crippen LogP contribution is 2.22. The van der Waals surface area contributed by atoms with Gasteiger partial charge >= 0.3 is 0 Å². The number of aliphatic hydroxyl groups is 1. The largest absolute Gasteiger partial charge is 0.387 e. The lowest BCUT2D eigenvalue weighted by Crippen LogP contribution is -2.35. The summed E-state index contributed by atoms with van der Waals surface area (Å²) in [5.74, 6) is 0. The van der Waals surface area contributed by atoms with E-state index in [0.29, 0.717) is 12.6 Å². The van der Waals surface area contributed by atoms with Crippen molar-refractivity contribution in [3.63, 3.8) is 0 Å². The van der Waals surface area contributed by atoms with Crippen LogP contribution in [0, 0.1) is 0 Å². The maximum Gasteiger partial charge on any atom is 0.0917 e. The van der Waals surface area contributed by atoms with Gasteiger partial charge in [-0.25, -0.2) is 0 Å². The lowest BCUT2D eigenvalue weighted by atomic mass is 10.0. The van der Waals surface area contributed by atoms with Crippen molar-refractivity contribution in [3.05, 3.63) is 48.0 Å². The first-order chi connectivity index (χ1) is 9.74. The Morgan fingerprint density at radius 3 is 2.80 bits per heavy atom. The van der Waals surface area contributed by atoms with E-state index in [1.54, 1.807) is 0 Å². The van der Waals surface area contributed by atoms with Crippen molar-refractivity contribution in [2.24, 2.45) is 0 Å². The van der Waals surface area contributed by atoms with Crippen LogP contribution in [0.3, 0.4) is 0 Å². The summed E-state index contributed by atoms with van der Waals surface area (Å²) in [7, 11) is 2.06. The van der Waals surface area contributed by atoms with E-state index < -0.39 is 6.10 Å². The highest BCUT2D eigenvalue weighted by atomic mass is 16.5. The zero-order valence-corrected chi connectivity index (χ0v) is 11.8. The number of hydrogen-bond donors (Lipinski definition) is 1. The summed E-state index contributed by atoms with van der Waals surface area (Å²) in [6.07, 6.45) is 0.603. The van der Waals surface area contributed by atoms with Gasteiger partial charge in [0.2, 0.25) is 0 Å². The molecule has 1 aliphatic heterocycles. The molecule has 2 aromatic carbocycles. The van der Waals surface area contributed by atoms with Crippen molar-refractivity contribution >= 4 is 10.8 Å². The minimum absolute atomic E-state index is 0.435. The Kier molecular flexibility index (Phi) is 4.01. The van der Waals surface area contributed by atoms with Gasteiger partial charge in [-0.1, -0.05) is 36.4 Å². The predicted molar refractivity (Wildman–Crippen MR) is 80.8 cm³/mol. The molecule has 0 amide bonds. The van der Waals surface area contributed by atoms with E-state index in [-0.39, 0.29) is 0 Å². The molecule has 0 aromatic heterocycles. The molecule has 2 aromatic rings. The van der Waals surface area contributed by atoms with Crippen molar-refractivity contribution in [1.82, 2.24) is 4.90 Å². The van der Waals surface area contributed by atoms with E-state index >= 15 is 0 Å². The summed E-state index contributed by atoms with van der Waals surface area (Å²) < 4.78 is 5.40. The van der Waals surface area contributed by atoms with Crippen LogP contribution in [-0.4, -0.2) is 42.9 Å². The summed E-state index contributed by atoms with van der Waals surface area (Å²) in [6, 6.07) is 14.8. The Bertz CT molecular complexity index is 578. The van der Waals surface area contributed by atoms with Crippen molar-refractivity contribution in [1.29, 1.82) is 0 Å². The Morgan fingerprint density at radius 2 is 2.05 bits per heavy atom. The van der Waals surface area contributed by atoms with Crippen LogP contribution in [0.25, 0.3) is 10.8 Å². The van der Waals surface area contributed by atoms with E-state index in [0.717, 1.165) is 25.2 Å². The van der Waals surface area contributed by atoms with E-state index in [4.69, 9.17) is 4.74 Å². The third kappa shape index (κ3) is 2.85. The summed E-state index contributed by atoms with van der Waals surface area (Å²) in [5, 5.41) is 12.8. The van der Waals surface area contributed by atoms with Gasteiger partial charge in [0.05, 0.1) is 12.7 Å². The molecular weight excluding hydrogens is 250 g/mol. The molecule has 0 aliphatic carbocycles. The second-order valence-corrected chi connectivity index (χ2v) is 5.58. The number of benzene rings is 2. The van der Waals surface area contributed by atoms with E-state index in [1.807, 2.05) is 18.2 Å². The van der Waals surface area contributed by atoms with Crippen LogP contribution in [0.1, 0.15) is 18.1 Å². The molecule has 2 unspecified atom stereocenters. The third-order valence-corrected chi connectivity index (χ3v) is 4.15. The maximum absolute atomic E-state index is 10.4. The fourth-order valence-corrected chi connectivity index (χ4v) is 2.81. The maximum atomic E-state index is 10.4. The van der Waals surface area contributed by atoms with Crippen LogP contribution in [-0.2, 0) is 4.74 Å². The molecular formula is C17H21NO2. The first-order valence-electron chi connectivity index (χ1n) is 7.19. The van der Waals surface area contributed by atoms with Gasteiger partial charge in [-0.2, -0.15) is 0 Å². The second-order valence-electron chi connectivity index (χ2n) is 5.58. The molecule has 0 radical (unpaired) electrons. The van der Waals surface area contributed by atoms with E-state index in [9.17, 15) is 5.11 Å². The molecule has 1 saturated heterocycles. The lowest BCUT2D eigenvalue weighted by Gasteiger charge is -2.25. The standard InChI is InChI=1S/C17H21NO2/c1-18(16-8-9-20-12-16)11-17(19)15-7-6-13-4-2-3-5-14(13)10-15/h2-7,10,16-17,19H,8-9,11-12H2,1H3. The average molecular weight is 271 g/mol. The fourth-order valence-electron chi connectivity index (χ4n) is 2.81. The minimum Gasteiger partial charge on any atom is -0.387 e. The monoisotopic (exact) mass is 271 g/mol. The summed E-state index contributed by atoms with van der Waals surface area (Å²) in [4.78, 5) is 2.20. The Hall–Kier alpha value is -1.42. The van der Waals surface area contributed by atoms with Crippen LogP contribution in [0.15, 0.2) is 42.5 Å². The molecule has 1 fully saturated rings. The molecule has 1 aliphatic rings. The molecule has 1 N–H and O–H groups in total. The third-order valence-electron chi connectivity index (χ3n) is 4.15. The molecule has 106 valence electrons. The summed E-state index contributed by atoms with van der Waals surface area (Å²) in [5.41, 5.74) is 0.981. The van der Waals surface area contributed by atoms with Crippen LogP contribution in [0.5, 0.6) is 0 Å². The van der Waals surface area contributed by atoms with E-state index in [2.05, 4.69) is 36.2 Å². The van der Waals surface area contributed by atoms with Crippen molar-refractivity contribution in [2.45, 2.75) is 18.6 Å². The molecule has 0 spiro atoms. The number of hydrogen-bond acceptors (Lipinski definition) is 3. The van der Waals surface area contributed by atoms with Crippen molar-refractivity contribution in [2.75, 3.05) is 26.8 Å². The van der Waals surface area contributed by atoms with Crippen molar-refractivity contribution < 1.29 is 9.84 Å². The number of nitrogens with zero attached hydrogens (tertiary/aromatic N) is 1. The SMILES string of the molecule is CN(CC(O)c1ccc2ccccc2c1)C1CCOC1. The number of ether oxygens (including phenoxy) is 1. The Morgan fingerprint density at radius 1 is 1.25 bits per heavy atom. The average Bonchev–Trinajstić information content (AvgIpc) is 3.01. The van der Waals surface area contributed by atoms with Gasteiger partial charge in [0.15, 0.2) is 0 Å². The Labute approximate surface area is 119 Å². The Balaban J connectivity index is 1.72. The molecule has 3 rings (SSSR count). The van der Waals surface area contributed by atoms with Gasteiger partial charge in [0.1, 0.15) is 0 Å². The summed E-state index contributed by atoms with van der Waals surface area (Å²) >= 11 is 0. The zero-order chi connectivity index (χ0) is 13.9. The fraction of sp³-hybridized carbons (Fsp3) is 0.412. The first-order valence-corrected chi connectivity index (χ1v) is 7.19. The zero-order valence-electron chi connectivity index (χ0n) is 11.8. The number of likely N-dealkylation sites (N-methyl/N-ethyl adjacent to an activating group) is 1. The summed E-state index contributed by atoms with van der Waals surface area (Å²) in [6.45, 7) is 2.26. The highest BCUT2D eigenvalue weighted by Gasteiger charge is 2.22. The van der Waals surface area contributed by atoms with Gasteiger partial charge in [0.25, 0.3) is 0 Å². The number of fused-ring (bicyclic) bond motifs is 1. The van der Waals surface area contributed by atoms with Gasteiger partial charge in [-0.3, -0.25) is 4.90 Å². The van der Waals surface area contributed by atoms with Crippen LogP contribution in [0.2, 0.25) is 0 Å². The molecule has 0 saturated carbocycles. The van der Waals surface area contributed by atoms with Crippen LogP contribution < -0.4 is 0 Å². The number of rotatable bonds is 4. The molecule has 2 atom stereocenters. The predicted octanol–water partition coefficient (Wildman–Crippen LogP) is 2.59. The molecule has 20 heavy (non-hydrogen) atoms. The highest BCUT2D eigenvalue weighted by molar-refractivity contribution is 5.83.